The van der Waals surface area contributed by atoms with Gasteiger partial charge in [-0.2, -0.15) is 0 Å². The largest absolute Gasteiger partial charge is 0.380 e. The maximum absolute atomic E-state index is 12.2. The molecule has 0 saturated carbocycles. The number of amides is 1. The topological polar surface area (TPSA) is 41.6 Å². The predicted molar refractivity (Wildman–Crippen MR) is 85.5 cm³/mol. The minimum absolute atomic E-state index is 0.0674. The van der Waals surface area contributed by atoms with Gasteiger partial charge in [0.2, 0.25) is 5.91 Å². The number of anilines is 1. The van der Waals surface area contributed by atoms with Crippen LogP contribution in [0.2, 0.25) is 0 Å². The summed E-state index contributed by atoms with van der Waals surface area (Å²) >= 11 is 0. The predicted octanol–water partition coefficient (Wildman–Crippen LogP) is 2.74. The molecule has 116 valence electrons. The second-order valence-electron chi connectivity index (χ2n) is 5.94. The normalized spacial score (nSPS) is 19.8. The van der Waals surface area contributed by atoms with E-state index in [-0.39, 0.29) is 18.0 Å². The van der Waals surface area contributed by atoms with E-state index in [0.29, 0.717) is 25.6 Å². The lowest BCUT2D eigenvalue weighted by atomic mass is 9.94. The number of nitrogens with zero attached hydrogens (tertiary/aromatic N) is 1. The zero-order valence-corrected chi connectivity index (χ0v) is 13.4. The summed E-state index contributed by atoms with van der Waals surface area (Å²) < 4.78 is 5.58. The summed E-state index contributed by atoms with van der Waals surface area (Å²) in [7, 11) is 1.84. The second kappa shape index (κ2) is 7.05. The Morgan fingerprint density at radius 3 is 2.76 bits per heavy atom. The standard InChI is InChI=1S/C17H26N2O2/c1-5-21-11-15(12(2)3)18-14-10-17(20)19(4)16-9-7-6-8-13(14)16/h6-9,12,14-15,18H,5,10-11H2,1-4H3. The summed E-state index contributed by atoms with van der Waals surface area (Å²) in [5.41, 5.74) is 2.20. The summed E-state index contributed by atoms with van der Waals surface area (Å²) in [5, 5.41) is 3.62. The van der Waals surface area contributed by atoms with E-state index in [0.717, 1.165) is 5.69 Å². The lowest BCUT2D eigenvalue weighted by molar-refractivity contribution is -0.119. The van der Waals surface area contributed by atoms with Crippen molar-refractivity contribution < 1.29 is 9.53 Å². The first kappa shape index (κ1) is 16.0. The van der Waals surface area contributed by atoms with Crippen LogP contribution in [-0.4, -0.2) is 32.2 Å². The Labute approximate surface area is 127 Å². The molecule has 1 heterocycles. The molecule has 4 heteroatoms. The Balaban J connectivity index is 2.19. The molecule has 1 aliphatic heterocycles. The first-order chi connectivity index (χ1) is 10.0. The number of hydrogen-bond acceptors (Lipinski definition) is 3. The number of carbonyl (C=O) groups excluding carboxylic acids is 1. The van der Waals surface area contributed by atoms with Crippen molar-refractivity contribution in [1.82, 2.24) is 5.32 Å². The quantitative estimate of drug-likeness (QED) is 0.876. The maximum atomic E-state index is 12.2. The van der Waals surface area contributed by atoms with Crippen LogP contribution in [0, 0.1) is 5.92 Å². The van der Waals surface area contributed by atoms with Crippen LogP contribution in [0.25, 0.3) is 0 Å². The lowest BCUT2D eigenvalue weighted by Crippen LogP contribution is -2.45. The van der Waals surface area contributed by atoms with E-state index in [2.05, 4.69) is 25.2 Å². The molecule has 2 atom stereocenters. The van der Waals surface area contributed by atoms with E-state index in [9.17, 15) is 4.79 Å². The van der Waals surface area contributed by atoms with Gasteiger partial charge in [0, 0.05) is 37.8 Å². The van der Waals surface area contributed by atoms with E-state index in [1.54, 1.807) is 4.90 Å². The van der Waals surface area contributed by atoms with Crippen molar-refractivity contribution in [1.29, 1.82) is 0 Å². The number of para-hydroxylation sites is 1. The van der Waals surface area contributed by atoms with E-state index < -0.39 is 0 Å². The van der Waals surface area contributed by atoms with E-state index in [1.807, 2.05) is 32.2 Å². The van der Waals surface area contributed by atoms with Crippen LogP contribution < -0.4 is 10.2 Å². The number of carbonyl (C=O) groups is 1. The van der Waals surface area contributed by atoms with Crippen LogP contribution in [-0.2, 0) is 9.53 Å². The van der Waals surface area contributed by atoms with Crippen molar-refractivity contribution in [3.63, 3.8) is 0 Å². The van der Waals surface area contributed by atoms with Gasteiger partial charge in [-0.3, -0.25) is 4.79 Å². The van der Waals surface area contributed by atoms with Crippen molar-refractivity contribution in [2.24, 2.45) is 5.92 Å². The van der Waals surface area contributed by atoms with Gasteiger partial charge in [-0.15, -0.1) is 0 Å². The van der Waals surface area contributed by atoms with Gasteiger partial charge < -0.3 is 15.0 Å². The number of fused-ring (bicyclic) bond motifs is 1. The Morgan fingerprint density at radius 2 is 2.10 bits per heavy atom. The van der Waals surface area contributed by atoms with Crippen LogP contribution in [0.5, 0.6) is 0 Å². The van der Waals surface area contributed by atoms with Gasteiger partial charge in [-0.1, -0.05) is 32.0 Å². The third-order valence-corrected chi connectivity index (χ3v) is 4.15. The molecule has 1 N–H and O–H groups in total. The molecular weight excluding hydrogens is 264 g/mol. The van der Waals surface area contributed by atoms with Crippen molar-refractivity contribution in [2.75, 3.05) is 25.2 Å². The summed E-state index contributed by atoms with van der Waals surface area (Å²) in [5.74, 6) is 0.614. The second-order valence-corrected chi connectivity index (χ2v) is 5.94. The van der Waals surface area contributed by atoms with Gasteiger partial charge >= 0.3 is 0 Å². The van der Waals surface area contributed by atoms with Crippen molar-refractivity contribution in [3.05, 3.63) is 29.8 Å². The number of ether oxygens (including phenoxy) is 1. The van der Waals surface area contributed by atoms with Gasteiger partial charge in [0.25, 0.3) is 0 Å². The third-order valence-electron chi connectivity index (χ3n) is 4.15. The van der Waals surface area contributed by atoms with Crippen LogP contribution in [0.3, 0.4) is 0 Å². The van der Waals surface area contributed by atoms with Crippen LogP contribution in [0.1, 0.15) is 38.8 Å². The smallest absolute Gasteiger partial charge is 0.228 e. The van der Waals surface area contributed by atoms with Crippen LogP contribution >= 0.6 is 0 Å². The average Bonchev–Trinajstić information content (AvgIpc) is 2.48. The third kappa shape index (κ3) is 3.63. The van der Waals surface area contributed by atoms with Crippen molar-refractivity contribution >= 4 is 11.6 Å². The first-order valence-electron chi connectivity index (χ1n) is 7.73. The molecule has 0 radical (unpaired) electrons. The van der Waals surface area contributed by atoms with E-state index in [4.69, 9.17) is 4.74 Å². The van der Waals surface area contributed by atoms with E-state index >= 15 is 0 Å². The fourth-order valence-electron chi connectivity index (χ4n) is 2.73. The molecule has 2 rings (SSSR count). The fraction of sp³-hybridized carbons (Fsp3) is 0.588. The Kier molecular flexibility index (Phi) is 5.37. The highest BCUT2D eigenvalue weighted by molar-refractivity contribution is 5.96. The highest BCUT2D eigenvalue weighted by Gasteiger charge is 2.30. The molecule has 2 unspecified atom stereocenters. The van der Waals surface area contributed by atoms with E-state index in [1.165, 1.54) is 5.56 Å². The molecular formula is C17H26N2O2. The van der Waals surface area contributed by atoms with Gasteiger partial charge in [0.15, 0.2) is 0 Å². The average molecular weight is 290 g/mol. The van der Waals surface area contributed by atoms with Gasteiger partial charge in [0.05, 0.1) is 6.61 Å². The SMILES string of the molecule is CCOCC(NC1CC(=O)N(C)c2ccccc21)C(C)C. The molecule has 4 nitrogen and oxygen atoms in total. The van der Waals surface area contributed by atoms with Crippen molar-refractivity contribution in [2.45, 2.75) is 39.3 Å². The highest BCUT2D eigenvalue weighted by Crippen LogP contribution is 2.34. The number of rotatable bonds is 6. The molecule has 21 heavy (non-hydrogen) atoms. The minimum Gasteiger partial charge on any atom is -0.380 e. The highest BCUT2D eigenvalue weighted by atomic mass is 16.5. The minimum atomic E-state index is 0.0674. The zero-order valence-electron chi connectivity index (χ0n) is 13.4. The number of nitrogens with one attached hydrogen (secondary N) is 1. The molecule has 0 spiro atoms. The molecule has 0 saturated heterocycles. The molecule has 0 fully saturated rings. The van der Waals surface area contributed by atoms with Gasteiger partial charge in [-0.05, 0) is 24.5 Å². The number of hydrogen-bond donors (Lipinski definition) is 1. The molecule has 0 bridgehead atoms. The maximum Gasteiger partial charge on any atom is 0.228 e. The Bertz CT molecular complexity index is 487. The summed E-state index contributed by atoms with van der Waals surface area (Å²) in [6, 6.07) is 8.44. The Morgan fingerprint density at radius 1 is 1.38 bits per heavy atom. The molecule has 1 aromatic carbocycles. The first-order valence-corrected chi connectivity index (χ1v) is 7.73. The summed E-state index contributed by atoms with van der Waals surface area (Å²) in [6.45, 7) is 7.76. The van der Waals surface area contributed by atoms with Crippen molar-refractivity contribution in [3.8, 4) is 0 Å². The summed E-state index contributed by atoms with van der Waals surface area (Å²) in [6.07, 6.45) is 0.503. The van der Waals surface area contributed by atoms with Gasteiger partial charge in [-0.25, -0.2) is 0 Å². The van der Waals surface area contributed by atoms with Gasteiger partial charge in [0.1, 0.15) is 0 Å². The fourth-order valence-corrected chi connectivity index (χ4v) is 2.73. The molecule has 1 aliphatic rings. The zero-order chi connectivity index (χ0) is 15.4. The monoisotopic (exact) mass is 290 g/mol. The lowest BCUT2D eigenvalue weighted by Gasteiger charge is -2.35. The molecule has 0 aromatic heterocycles. The summed E-state index contributed by atoms with van der Waals surface area (Å²) in [4.78, 5) is 13.9. The molecule has 1 amide bonds. The molecule has 1 aromatic rings. The number of benzene rings is 1. The Hall–Kier alpha value is -1.39. The molecule has 0 aliphatic carbocycles. The van der Waals surface area contributed by atoms with Crippen LogP contribution in [0.15, 0.2) is 24.3 Å². The van der Waals surface area contributed by atoms with Crippen LogP contribution in [0.4, 0.5) is 5.69 Å².